The molecule has 3 N–H and O–H groups in total. The molecule has 1 rings (SSSR count). The highest BCUT2D eigenvalue weighted by Gasteiger charge is 1.98. The Bertz CT molecular complexity index is 395. The molecule has 0 saturated heterocycles. The first-order chi connectivity index (χ1) is 10.1. The number of nitro benzene ring substituents is 1. The Hall–Kier alpha value is -1.95. The van der Waals surface area contributed by atoms with Gasteiger partial charge < -0.3 is 10.6 Å². The summed E-state index contributed by atoms with van der Waals surface area (Å²) in [6.45, 7) is 2.20. The van der Waals surface area contributed by atoms with Crippen molar-refractivity contribution in [2.24, 2.45) is 0 Å². The van der Waals surface area contributed by atoms with Gasteiger partial charge in [-0.2, -0.15) is 0 Å². The molecule has 0 unspecified atom stereocenters. The van der Waals surface area contributed by atoms with E-state index in [0.29, 0.717) is 6.42 Å². The summed E-state index contributed by atoms with van der Waals surface area (Å²) in [6, 6.07) is 7.93. The van der Waals surface area contributed by atoms with Crippen molar-refractivity contribution in [1.82, 2.24) is 0 Å². The molecule has 6 heteroatoms. The van der Waals surface area contributed by atoms with Gasteiger partial charge in [0.25, 0.3) is 5.69 Å². The average Bonchev–Trinajstić information content (AvgIpc) is 2.47. The first kappa shape index (κ1) is 22.3. The van der Waals surface area contributed by atoms with E-state index in [0.717, 1.165) is 12.8 Å². The molecule has 0 aliphatic carbocycles. The van der Waals surface area contributed by atoms with Crippen molar-refractivity contribution in [3.05, 3.63) is 40.4 Å². The van der Waals surface area contributed by atoms with Crippen LogP contribution in [0.25, 0.3) is 0 Å². The zero-order valence-electron chi connectivity index (χ0n) is 13.2. The summed E-state index contributed by atoms with van der Waals surface area (Å²) in [4.78, 5) is 19.7. The molecule has 22 heavy (non-hydrogen) atoms. The molecule has 0 amide bonds. The van der Waals surface area contributed by atoms with Crippen LogP contribution in [0, 0.1) is 10.1 Å². The lowest BCUT2D eigenvalue weighted by Crippen LogP contribution is -1.93. The molecule has 0 atom stereocenters. The second-order valence-corrected chi connectivity index (χ2v) is 4.86. The van der Waals surface area contributed by atoms with E-state index in [-0.39, 0.29) is 11.2 Å². The van der Waals surface area contributed by atoms with Crippen LogP contribution < -0.4 is 0 Å². The minimum absolute atomic E-state index is 0. The molecule has 1 aromatic rings. The number of benzene rings is 1. The van der Waals surface area contributed by atoms with Gasteiger partial charge in [0, 0.05) is 18.6 Å². The summed E-state index contributed by atoms with van der Waals surface area (Å²) < 4.78 is 0. The Kier molecular flexibility index (Phi) is 15.7. The smallest absolute Gasteiger partial charge is 0.303 e. The SMILES string of the molecule is CCCCCCCCCC(=O)O.O.O=[N+]([O-])c1ccccc1. The number of unbranched alkanes of at least 4 members (excludes halogenated alkanes) is 6. The molecular formula is C16H27NO5. The van der Waals surface area contributed by atoms with Gasteiger partial charge in [0.05, 0.1) is 4.92 Å². The quantitative estimate of drug-likeness (QED) is 0.422. The molecule has 6 nitrogen and oxygen atoms in total. The first-order valence-corrected chi connectivity index (χ1v) is 7.49. The Morgan fingerprint density at radius 1 is 1.05 bits per heavy atom. The fourth-order valence-corrected chi connectivity index (χ4v) is 1.78. The molecule has 0 aliphatic rings. The van der Waals surface area contributed by atoms with Crippen LogP contribution >= 0.6 is 0 Å². The summed E-state index contributed by atoms with van der Waals surface area (Å²) in [7, 11) is 0. The van der Waals surface area contributed by atoms with Crippen LogP contribution in [-0.2, 0) is 4.79 Å². The van der Waals surface area contributed by atoms with E-state index in [1.54, 1.807) is 18.2 Å². The van der Waals surface area contributed by atoms with E-state index in [2.05, 4.69) is 6.92 Å². The minimum atomic E-state index is -0.663. The lowest BCUT2D eigenvalue weighted by molar-refractivity contribution is -0.384. The largest absolute Gasteiger partial charge is 0.481 e. The Morgan fingerprint density at radius 2 is 1.55 bits per heavy atom. The van der Waals surface area contributed by atoms with Gasteiger partial charge in [-0.25, -0.2) is 0 Å². The predicted molar refractivity (Wildman–Crippen MR) is 87.0 cm³/mol. The molecule has 1 aromatic carbocycles. The monoisotopic (exact) mass is 313 g/mol. The zero-order chi connectivity index (χ0) is 15.9. The van der Waals surface area contributed by atoms with Gasteiger partial charge in [0.15, 0.2) is 0 Å². The van der Waals surface area contributed by atoms with E-state index < -0.39 is 10.9 Å². The Labute approximate surface area is 131 Å². The fraction of sp³-hybridized carbons (Fsp3) is 0.562. The number of non-ortho nitro benzene ring substituents is 1. The second-order valence-electron chi connectivity index (χ2n) is 4.86. The fourth-order valence-electron chi connectivity index (χ4n) is 1.78. The van der Waals surface area contributed by atoms with Gasteiger partial charge in [-0.1, -0.05) is 63.6 Å². The lowest BCUT2D eigenvalue weighted by atomic mass is 10.1. The van der Waals surface area contributed by atoms with E-state index in [9.17, 15) is 14.9 Å². The molecule has 0 heterocycles. The van der Waals surface area contributed by atoms with Gasteiger partial charge in [-0.15, -0.1) is 0 Å². The van der Waals surface area contributed by atoms with Crippen LogP contribution in [0.2, 0.25) is 0 Å². The number of hydrogen-bond donors (Lipinski definition) is 1. The number of carboxylic acids is 1. The third-order valence-electron chi connectivity index (χ3n) is 2.96. The maximum atomic E-state index is 10.1. The molecule has 0 bridgehead atoms. The van der Waals surface area contributed by atoms with Gasteiger partial charge >= 0.3 is 5.97 Å². The van der Waals surface area contributed by atoms with Crippen molar-refractivity contribution in [2.75, 3.05) is 0 Å². The average molecular weight is 313 g/mol. The Morgan fingerprint density at radius 3 is 1.95 bits per heavy atom. The van der Waals surface area contributed by atoms with E-state index in [1.165, 1.54) is 44.2 Å². The van der Waals surface area contributed by atoms with Gasteiger partial charge in [0.1, 0.15) is 0 Å². The van der Waals surface area contributed by atoms with Crippen molar-refractivity contribution in [3.8, 4) is 0 Å². The van der Waals surface area contributed by atoms with E-state index >= 15 is 0 Å². The summed E-state index contributed by atoms with van der Waals surface area (Å²) in [5.74, 6) is -0.663. The van der Waals surface area contributed by atoms with Gasteiger partial charge in [-0.05, 0) is 6.42 Å². The van der Waals surface area contributed by atoms with Crippen molar-refractivity contribution < 1.29 is 20.3 Å². The predicted octanol–water partition coefficient (Wildman–Crippen LogP) is 3.98. The van der Waals surface area contributed by atoms with Crippen LogP contribution in [-0.4, -0.2) is 21.5 Å². The molecule has 0 fully saturated rings. The molecule has 126 valence electrons. The molecule has 0 radical (unpaired) electrons. The molecule has 0 aliphatic heterocycles. The minimum Gasteiger partial charge on any atom is -0.481 e. The normalized spacial score (nSPS) is 9.14. The van der Waals surface area contributed by atoms with E-state index in [4.69, 9.17) is 5.11 Å². The van der Waals surface area contributed by atoms with Gasteiger partial charge in [0.2, 0.25) is 0 Å². The molecule has 0 saturated carbocycles. The summed E-state index contributed by atoms with van der Waals surface area (Å²) in [6.07, 6.45) is 8.64. The summed E-state index contributed by atoms with van der Waals surface area (Å²) in [5.41, 5.74) is 0.137. The third-order valence-corrected chi connectivity index (χ3v) is 2.96. The topological polar surface area (TPSA) is 112 Å². The molecule has 0 spiro atoms. The van der Waals surface area contributed by atoms with Crippen molar-refractivity contribution >= 4 is 11.7 Å². The number of aliphatic carboxylic acids is 1. The number of carbonyl (C=O) groups is 1. The second kappa shape index (κ2) is 15.4. The number of nitro groups is 1. The standard InChI is InChI=1S/C10H20O2.C6H5NO2.H2O/c1-2-3-4-5-6-7-8-9-10(11)12;8-7(9)6-4-2-1-3-5-6;/h2-9H2,1H3,(H,11,12);1-5H;1H2. The van der Waals surface area contributed by atoms with Crippen molar-refractivity contribution in [1.29, 1.82) is 0 Å². The van der Waals surface area contributed by atoms with Crippen LogP contribution in [0.4, 0.5) is 5.69 Å². The first-order valence-electron chi connectivity index (χ1n) is 7.49. The molecule has 0 aromatic heterocycles. The zero-order valence-corrected chi connectivity index (χ0v) is 13.2. The van der Waals surface area contributed by atoms with Crippen LogP contribution in [0.3, 0.4) is 0 Å². The number of para-hydroxylation sites is 1. The number of nitrogens with zero attached hydrogens (tertiary/aromatic N) is 1. The summed E-state index contributed by atoms with van der Waals surface area (Å²) in [5, 5.41) is 18.4. The van der Waals surface area contributed by atoms with Crippen LogP contribution in [0.5, 0.6) is 0 Å². The van der Waals surface area contributed by atoms with E-state index in [1.807, 2.05) is 0 Å². The third kappa shape index (κ3) is 14.5. The highest BCUT2D eigenvalue weighted by Crippen LogP contribution is 2.08. The van der Waals surface area contributed by atoms with Gasteiger partial charge in [-0.3, -0.25) is 14.9 Å². The van der Waals surface area contributed by atoms with Crippen molar-refractivity contribution in [2.45, 2.75) is 58.3 Å². The number of carboxylic acid groups (broad SMARTS) is 1. The maximum absolute atomic E-state index is 10.1. The maximum Gasteiger partial charge on any atom is 0.303 e. The van der Waals surface area contributed by atoms with Crippen molar-refractivity contribution in [3.63, 3.8) is 0 Å². The van der Waals surface area contributed by atoms with Crippen LogP contribution in [0.15, 0.2) is 30.3 Å². The highest BCUT2D eigenvalue weighted by atomic mass is 16.6. The Balaban J connectivity index is 0. The van der Waals surface area contributed by atoms with Crippen LogP contribution in [0.1, 0.15) is 58.3 Å². The lowest BCUT2D eigenvalue weighted by Gasteiger charge is -1.98. The highest BCUT2D eigenvalue weighted by molar-refractivity contribution is 5.66. The molecular weight excluding hydrogens is 286 g/mol. The number of rotatable bonds is 9. The number of hydrogen-bond acceptors (Lipinski definition) is 3. The summed E-state index contributed by atoms with van der Waals surface area (Å²) >= 11 is 0.